The third-order valence-electron chi connectivity index (χ3n) is 13.2. The van der Waals surface area contributed by atoms with Crippen LogP contribution in [0.25, 0.3) is 0 Å². The highest BCUT2D eigenvalue weighted by atomic mass is 16.6. The van der Waals surface area contributed by atoms with Gasteiger partial charge in [0.25, 0.3) is 0 Å². The van der Waals surface area contributed by atoms with Crippen LogP contribution in [0.2, 0.25) is 0 Å². The summed E-state index contributed by atoms with van der Waals surface area (Å²) < 4.78 is 16.9. The second-order valence-corrected chi connectivity index (χ2v) is 20.9. The Balaban J connectivity index is 4.26. The molecule has 0 unspecified atom stereocenters. The summed E-state index contributed by atoms with van der Waals surface area (Å²) in [5.74, 6) is 0.802. The van der Waals surface area contributed by atoms with Gasteiger partial charge in [-0.15, -0.1) is 0 Å². The molecule has 6 nitrogen and oxygen atoms in total. The van der Waals surface area contributed by atoms with Gasteiger partial charge in [0.15, 0.2) is 6.10 Å². The van der Waals surface area contributed by atoms with Crippen molar-refractivity contribution in [2.75, 3.05) is 13.2 Å². The zero-order valence-corrected chi connectivity index (χ0v) is 43.9. The lowest BCUT2D eigenvalue weighted by molar-refractivity contribution is -0.167. The molecule has 6 heteroatoms. The highest BCUT2D eigenvalue weighted by Crippen LogP contribution is 2.18. The van der Waals surface area contributed by atoms with Crippen LogP contribution in [0, 0.1) is 11.8 Å². The number of hydrogen-bond donors (Lipinski definition) is 0. The van der Waals surface area contributed by atoms with Crippen molar-refractivity contribution in [3.05, 3.63) is 0 Å². The predicted octanol–water partition coefficient (Wildman–Crippen LogP) is 18.9. The van der Waals surface area contributed by atoms with E-state index < -0.39 is 6.10 Å². The molecule has 0 aromatic carbocycles. The number of carbonyl (C=O) groups is 3. The molecule has 0 saturated carbocycles. The summed E-state index contributed by atoms with van der Waals surface area (Å²) in [6.07, 6.45) is 53.9. The molecule has 0 saturated heterocycles. The normalized spacial score (nSPS) is 12.0. The van der Waals surface area contributed by atoms with E-state index in [4.69, 9.17) is 14.2 Å². The molecule has 0 aliphatic carbocycles. The minimum Gasteiger partial charge on any atom is -0.462 e. The molecule has 0 aromatic heterocycles. The van der Waals surface area contributed by atoms with Gasteiger partial charge in [0.1, 0.15) is 13.2 Å². The summed E-state index contributed by atoms with van der Waals surface area (Å²) in [4.78, 5) is 38.1. The highest BCUT2D eigenvalue weighted by Gasteiger charge is 2.19. The summed E-state index contributed by atoms with van der Waals surface area (Å²) in [5.41, 5.74) is 0. The average Bonchev–Trinajstić information content (AvgIpc) is 3.27. The Bertz CT molecular complexity index is 978. The topological polar surface area (TPSA) is 78.9 Å². The maximum absolute atomic E-state index is 12.8. The molecule has 0 heterocycles. The highest BCUT2D eigenvalue weighted by molar-refractivity contribution is 5.71. The van der Waals surface area contributed by atoms with Gasteiger partial charge in [-0.3, -0.25) is 14.4 Å². The van der Waals surface area contributed by atoms with Gasteiger partial charge in [0, 0.05) is 19.3 Å². The van der Waals surface area contributed by atoms with Crippen molar-refractivity contribution in [3.63, 3.8) is 0 Å². The van der Waals surface area contributed by atoms with Crippen molar-refractivity contribution >= 4 is 17.9 Å². The number of rotatable bonds is 52. The summed E-state index contributed by atoms with van der Waals surface area (Å²) in [6.45, 7) is 11.4. The van der Waals surface area contributed by atoms with E-state index in [0.29, 0.717) is 19.3 Å². The molecule has 0 aliphatic heterocycles. The van der Waals surface area contributed by atoms with Gasteiger partial charge in [-0.2, -0.15) is 0 Å². The average molecular weight is 906 g/mol. The van der Waals surface area contributed by atoms with E-state index in [-0.39, 0.29) is 31.1 Å². The molecule has 0 radical (unpaired) electrons. The number of unbranched alkanes of at least 4 members (excludes halogenated alkanes) is 37. The molecule has 380 valence electrons. The fourth-order valence-electron chi connectivity index (χ4n) is 8.87. The Hall–Kier alpha value is -1.59. The van der Waals surface area contributed by atoms with Gasteiger partial charge in [-0.25, -0.2) is 0 Å². The molecule has 0 spiro atoms. The number of hydrogen-bond acceptors (Lipinski definition) is 6. The maximum atomic E-state index is 12.8. The third-order valence-corrected chi connectivity index (χ3v) is 13.2. The molecule has 0 aliphatic rings. The zero-order valence-electron chi connectivity index (χ0n) is 43.9. The maximum Gasteiger partial charge on any atom is 0.306 e. The Morgan fingerprint density at radius 1 is 0.297 bits per heavy atom. The monoisotopic (exact) mass is 905 g/mol. The lowest BCUT2D eigenvalue weighted by Gasteiger charge is -2.18. The minimum absolute atomic E-state index is 0.0631. The Morgan fingerprint density at radius 3 is 0.766 bits per heavy atom. The van der Waals surface area contributed by atoms with Crippen LogP contribution in [-0.4, -0.2) is 37.2 Å². The lowest BCUT2D eigenvalue weighted by atomic mass is 10.0. The van der Waals surface area contributed by atoms with Crippen molar-refractivity contribution < 1.29 is 28.6 Å². The van der Waals surface area contributed by atoms with Gasteiger partial charge >= 0.3 is 17.9 Å². The SMILES string of the molecule is CCCCCCCCCCCCCCCCCCCC(=O)OC[C@H](COC(=O)CCCCCCCCCCC(C)C)OC(=O)CCCCCCCCCCCCCCCCCC(C)C. The van der Waals surface area contributed by atoms with Crippen LogP contribution < -0.4 is 0 Å². The first-order valence-electron chi connectivity index (χ1n) is 28.7. The largest absolute Gasteiger partial charge is 0.462 e. The first-order valence-corrected chi connectivity index (χ1v) is 28.7. The van der Waals surface area contributed by atoms with Crippen LogP contribution in [0.4, 0.5) is 0 Å². The minimum atomic E-state index is -0.763. The summed E-state index contributed by atoms with van der Waals surface area (Å²) >= 11 is 0. The van der Waals surface area contributed by atoms with Gasteiger partial charge in [-0.1, -0.05) is 285 Å². The van der Waals surface area contributed by atoms with Gasteiger partial charge in [0.05, 0.1) is 0 Å². The zero-order chi connectivity index (χ0) is 46.8. The van der Waals surface area contributed by atoms with E-state index in [1.807, 2.05) is 0 Å². The Labute approximate surface area is 399 Å². The number of carbonyl (C=O) groups excluding carboxylic acids is 3. The summed E-state index contributed by atoms with van der Waals surface area (Å²) in [5, 5.41) is 0. The van der Waals surface area contributed by atoms with E-state index in [1.54, 1.807) is 0 Å². The van der Waals surface area contributed by atoms with E-state index in [2.05, 4.69) is 34.6 Å². The van der Waals surface area contributed by atoms with Crippen molar-refractivity contribution in [2.24, 2.45) is 11.8 Å². The molecular formula is C58H112O6. The van der Waals surface area contributed by atoms with Crippen LogP contribution >= 0.6 is 0 Å². The van der Waals surface area contributed by atoms with Crippen LogP contribution in [0.1, 0.15) is 324 Å². The first-order chi connectivity index (χ1) is 31.2. The number of esters is 3. The third kappa shape index (κ3) is 51.4. The first kappa shape index (κ1) is 62.4. The molecular weight excluding hydrogens is 793 g/mol. The molecule has 0 fully saturated rings. The molecule has 1 atom stereocenters. The van der Waals surface area contributed by atoms with Crippen LogP contribution in [0.3, 0.4) is 0 Å². The van der Waals surface area contributed by atoms with Gasteiger partial charge < -0.3 is 14.2 Å². The quantitative estimate of drug-likeness (QED) is 0.0344. The van der Waals surface area contributed by atoms with E-state index in [9.17, 15) is 14.4 Å². The van der Waals surface area contributed by atoms with Crippen LogP contribution in [-0.2, 0) is 28.6 Å². The smallest absolute Gasteiger partial charge is 0.306 e. The molecule has 0 bridgehead atoms. The molecule has 0 N–H and O–H groups in total. The predicted molar refractivity (Wildman–Crippen MR) is 275 cm³/mol. The fraction of sp³-hybridized carbons (Fsp3) is 0.948. The molecule has 64 heavy (non-hydrogen) atoms. The summed E-state index contributed by atoms with van der Waals surface area (Å²) in [6, 6.07) is 0. The van der Waals surface area contributed by atoms with Gasteiger partial charge in [-0.05, 0) is 31.1 Å². The van der Waals surface area contributed by atoms with E-state index >= 15 is 0 Å². The van der Waals surface area contributed by atoms with Crippen molar-refractivity contribution in [3.8, 4) is 0 Å². The standard InChI is InChI=1S/C58H112O6/c1-6-7-8-9-10-11-12-13-14-15-18-21-24-27-33-38-43-48-56(59)62-51-55(52-63-57(60)49-44-39-34-30-29-32-37-42-47-54(4)5)64-58(61)50-45-40-35-28-25-22-19-16-17-20-23-26-31-36-41-46-53(2)3/h53-55H,6-52H2,1-5H3/t55-/m1/s1. The lowest BCUT2D eigenvalue weighted by Crippen LogP contribution is -2.30. The molecule has 0 rings (SSSR count). The Morgan fingerprint density at radius 2 is 0.516 bits per heavy atom. The van der Waals surface area contributed by atoms with Crippen molar-refractivity contribution in [1.29, 1.82) is 0 Å². The van der Waals surface area contributed by atoms with Crippen molar-refractivity contribution in [2.45, 2.75) is 330 Å². The fourth-order valence-corrected chi connectivity index (χ4v) is 8.87. The van der Waals surface area contributed by atoms with Crippen LogP contribution in [0.15, 0.2) is 0 Å². The van der Waals surface area contributed by atoms with Crippen molar-refractivity contribution in [1.82, 2.24) is 0 Å². The van der Waals surface area contributed by atoms with Crippen LogP contribution in [0.5, 0.6) is 0 Å². The van der Waals surface area contributed by atoms with E-state index in [1.165, 1.54) is 212 Å². The second kappa shape index (κ2) is 50.8. The summed E-state index contributed by atoms with van der Waals surface area (Å²) in [7, 11) is 0. The molecule has 0 amide bonds. The van der Waals surface area contributed by atoms with Gasteiger partial charge in [0.2, 0.25) is 0 Å². The molecule has 0 aromatic rings. The second-order valence-electron chi connectivity index (χ2n) is 20.9. The number of ether oxygens (including phenoxy) is 3. The van der Waals surface area contributed by atoms with E-state index in [0.717, 1.165) is 69.6 Å². The Kier molecular flexibility index (Phi) is 49.6.